The zero-order valence-corrected chi connectivity index (χ0v) is 8.13. The number of nitrogens with zero attached hydrogens (tertiary/aromatic N) is 2. The number of hydrogen-bond acceptors (Lipinski definition) is 4. The van der Waals surface area contributed by atoms with Crippen molar-refractivity contribution in [3.8, 4) is 0 Å². The minimum absolute atomic E-state index is 0. The first-order valence-corrected chi connectivity index (χ1v) is 3.30. The van der Waals surface area contributed by atoms with Crippen LogP contribution in [-0.4, -0.2) is 23.8 Å². The van der Waals surface area contributed by atoms with E-state index in [-0.39, 0.29) is 19.3 Å². The van der Waals surface area contributed by atoms with E-state index in [1.165, 1.54) is 6.21 Å². The highest BCUT2D eigenvalue weighted by molar-refractivity contribution is 6.29. The predicted molar refractivity (Wildman–Crippen MR) is 58.1 cm³/mol. The van der Waals surface area contributed by atoms with Crippen molar-refractivity contribution in [2.24, 2.45) is 21.7 Å². The minimum atomic E-state index is -0.261. The summed E-state index contributed by atoms with van der Waals surface area (Å²) in [5.41, 5.74) is 14.8. The van der Waals surface area contributed by atoms with Crippen molar-refractivity contribution < 1.29 is 0 Å². The largest absolute Gasteiger partial charge is 0.369 e. The predicted octanol–water partition coefficient (Wildman–Crippen LogP) is -1.24. The van der Waals surface area contributed by atoms with Crippen LogP contribution in [0.5, 0.6) is 0 Å². The quantitative estimate of drug-likeness (QED) is 0.191. The summed E-state index contributed by atoms with van der Waals surface area (Å²) in [4.78, 5) is 0. The van der Waals surface area contributed by atoms with E-state index in [2.05, 4.69) is 21.1 Å². The molecule has 8 N–H and O–H groups in total. The van der Waals surface area contributed by atoms with Gasteiger partial charge in [-0.3, -0.25) is 10.8 Å². The lowest BCUT2D eigenvalue weighted by atomic mass is 10.5. The van der Waals surface area contributed by atoms with Gasteiger partial charge in [0.2, 0.25) is 11.9 Å². The van der Waals surface area contributed by atoms with Crippen molar-refractivity contribution in [2.75, 3.05) is 0 Å². The highest BCUT2D eigenvalue weighted by atomic mass is 15.4. The van der Waals surface area contributed by atoms with Crippen LogP contribution in [0, 0.1) is 18.2 Å². The maximum atomic E-state index is 6.78. The molecular formula is C6H15N8. The van der Waals surface area contributed by atoms with Crippen LogP contribution in [0.15, 0.2) is 10.2 Å². The van der Waals surface area contributed by atoms with Gasteiger partial charge in [0.05, 0.1) is 11.9 Å². The first kappa shape index (κ1) is 14.4. The summed E-state index contributed by atoms with van der Waals surface area (Å²) in [6.07, 6.45) is 1.33. The van der Waals surface area contributed by atoms with Crippen LogP contribution < -0.4 is 22.3 Å². The summed E-state index contributed by atoms with van der Waals surface area (Å²) in [6.45, 7) is 1.64. The van der Waals surface area contributed by atoms with Crippen LogP contribution >= 0.6 is 0 Å². The summed E-state index contributed by atoms with van der Waals surface area (Å²) >= 11 is 0. The second-order valence-electron chi connectivity index (χ2n) is 2.06. The average Bonchev–Trinajstić information content (AvgIpc) is 2.00. The van der Waals surface area contributed by atoms with Crippen molar-refractivity contribution in [1.82, 2.24) is 10.9 Å². The molecule has 0 aromatic carbocycles. The Morgan fingerprint density at radius 3 is 2.14 bits per heavy atom. The number of guanidine groups is 2. The van der Waals surface area contributed by atoms with Crippen LogP contribution in [0.25, 0.3) is 0 Å². The molecule has 0 aromatic heterocycles. The van der Waals surface area contributed by atoms with Gasteiger partial charge >= 0.3 is 0 Å². The molecule has 0 fully saturated rings. The molecule has 1 radical (unpaired) electrons. The molecular weight excluding hydrogens is 184 g/mol. The van der Waals surface area contributed by atoms with Crippen molar-refractivity contribution in [3.05, 3.63) is 7.43 Å². The SMILES string of the molecule is CC(/C=N/NC(=N)N)=N\NC(=N)N.[CH3]. The molecule has 8 heteroatoms. The zero-order chi connectivity index (χ0) is 10.3. The second kappa shape index (κ2) is 7.53. The molecule has 8 nitrogen and oxygen atoms in total. The minimum Gasteiger partial charge on any atom is -0.369 e. The van der Waals surface area contributed by atoms with Gasteiger partial charge in [0.25, 0.3) is 0 Å². The number of hydrazone groups is 2. The summed E-state index contributed by atoms with van der Waals surface area (Å²) in [5, 5.41) is 20.7. The van der Waals surface area contributed by atoms with E-state index in [1.54, 1.807) is 6.92 Å². The Kier molecular flexibility index (Phi) is 7.74. The van der Waals surface area contributed by atoms with Crippen molar-refractivity contribution in [3.63, 3.8) is 0 Å². The van der Waals surface area contributed by atoms with Gasteiger partial charge in [0.1, 0.15) is 0 Å². The van der Waals surface area contributed by atoms with Gasteiger partial charge in [-0.15, -0.1) is 0 Å². The van der Waals surface area contributed by atoms with E-state index in [1.807, 2.05) is 0 Å². The molecule has 0 aromatic rings. The smallest absolute Gasteiger partial charge is 0.206 e. The van der Waals surface area contributed by atoms with E-state index in [0.29, 0.717) is 5.71 Å². The van der Waals surface area contributed by atoms with E-state index < -0.39 is 0 Å². The fourth-order valence-electron chi connectivity index (χ4n) is 0.373. The van der Waals surface area contributed by atoms with Crippen LogP contribution in [0.1, 0.15) is 6.92 Å². The summed E-state index contributed by atoms with van der Waals surface area (Å²) in [7, 11) is 0. The lowest BCUT2D eigenvalue weighted by Crippen LogP contribution is -2.27. The second-order valence-corrected chi connectivity index (χ2v) is 2.06. The van der Waals surface area contributed by atoms with Gasteiger partial charge in [-0.1, -0.05) is 7.43 Å². The highest BCUT2D eigenvalue weighted by Gasteiger charge is 1.85. The number of nitrogens with one attached hydrogen (secondary N) is 4. The molecule has 0 aliphatic carbocycles. The molecule has 0 atom stereocenters. The van der Waals surface area contributed by atoms with Crippen LogP contribution in [0.2, 0.25) is 0 Å². The molecule has 0 unspecified atom stereocenters. The summed E-state index contributed by atoms with van der Waals surface area (Å²) < 4.78 is 0. The normalized spacial score (nSPS) is 10.5. The summed E-state index contributed by atoms with van der Waals surface area (Å²) in [6, 6.07) is 0. The molecule has 0 aliphatic rings. The standard InChI is InChI=1S/C5H12N8.CH3/c1-3(11-13-5(8)9)2-10-12-4(6)7;/h2H,1H3,(H4,6,7,12)(H4,8,9,13);1H3/b10-2+,11-3+;. The van der Waals surface area contributed by atoms with E-state index >= 15 is 0 Å². The molecule has 0 saturated carbocycles. The molecule has 0 aliphatic heterocycles. The number of rotatable bonds is 3. The van der Waals surface area contributed by atoms with Crippen LogP contribution in [-0.2, 0) is 0 Å². The lowest BCUT2D eigenvalue weighted by molar-refractivity contribution is 0.988. The Labute approximate surface area is 82.5 Å². The van der Waals surface area contributed by atoms with Gasteiger partial charge in [-0.05, 0) is 6.92 Å². The molecule has 0 rings (SSSR count). The third-order valence-corrected chi connectivity index (χ3v) is 0.789. The van der Waals surface area contributed by atoms with E-state index in [9.17, 15) is 0 Å². The van der Waals surface area contributed by atoms with Gasteiger partial charge < -0.3 is 11.5 Å². The molecule has 0 bridgehead atoms. The Balaban J connectivity index is 0. The third kappa shape index (κ3) is 9.88. The van der Waals surface area contributed by atoms with Crippen molar-refractivity contribution in [1.29, 1.82) is 10.8 Å². The number of nitrogens with two attached hydrogens (primary N) is 2. The van der Waals surface area contributed by atoms with Crippen molar-refractivity contribution in [2.45, 2.75) is 6.92 Å². The maximum absolute atomic E-state index is 6.78. The first-order valence-electron chi connectivity index (χ1n) is 3.30. The molecule has 0 heterocycles. The Morgan fingerprint density at radius 2 is 1.71 bits per heavy atom. The van der Waals surface area contributed by atoms with E-state index in [0.717, 1.165) is 0 Å². The Bertz CT molecular complexity index is 253. The first-order chi connectivity index (χ1) is 6.02. The lowest BCUT2D eigenvalue weighted by Gasteiger charge is -1.96. The molecule has 0 amide bonds. The van der Waals surface area contributed by atoms with Crippen LogP contribution in [0.4, 0.5) is 0 Å². The third-order valence-electron chi connectivity index (χ3n) is 0.789. The number of hydrogen-bond donors (Lipinski definition) is 6. The molecule has 0 spiro atoms. The monoisotopic (exact) mass is 199 g/mol. The fraction of sp³-hybridized carbons (Fsp3) is 0.167. The van der Waals surface area contributed by atoms with Gasteiger partial charge in [0.15, 0.2) is 0 Å². The Morgan fingerprint density at radius 1 is 1.21 bits per heavy atom. The molecule has 79 valence electrons. The summed E-state index contributed by atoms with van der Waals surface area (Å²) in [5.74, 6) is -0.518. The van der Waals surface area contributed by atoms with Gasteiger partial charge in [0, 0.05) is 0 Å². The van der Waals surface area contributed by atoms with E-state index in [4.69, 9.17) is 22.3 Å². The Hall–Kier alpha value is -2.12. The molecule has 14 heavy (non-hydrogen) atoms. The highest BCUT2D eigenvalue weighted by Crippen LogP contribution is 1.68. The average molecular weight is 199 g/mol. The van der Waals surface area contributed by atoms with Gasteiger partial charge in [-0.25, -0.2) is 10.9 Å². The van der Waals surface area contributed by atoms with Crippen molar-refractivity contribution >= 4 is 23.8 Å². The topological polar surface area (TPSA) is 149 Å². The van der Waals surface area contributed by atoms with Crippen LogP contribution in [0.3, 0.4) is 0 Å². The fourth-order valence-corrected chi connectivity index (χ4v) is 0.373. The maximum Gasteiger partial charge on any atom is 0.206 e. The molecule has 0 saturated heterocycles. The van der Waals surface area contributed by atoms with Gasteiger partial charge in [-0.2, -0.15) is 10.2 Å². The zero-order valence-electron chi connectivity index (χ0n) is 8.13.